The number of carbonyl (C=O) groups excluding carboxylic acids is 1. The molecule has 18 heavy (non-hydrogen) atoms. The molecular formula is C13H22N2O3. The molecule has 2 fully saturated rings. The maximum Gasteiger partial charge on any atom is 0.306 e. The summed E-state index contributed by atoms with van der Waals surface area (Å²) in [6.45, 7) is 4.97. The van der Waals surface area contributed by atoms with E-state index in [1.165, 1.54) is 0 Å². The molecule has 2 aliphatic heterocycles. The molecule has 0 spiro atoms. The number of carboxylic acid groups (broad SMARTS) is 1. The molecule has 2 rings (SSSR count). The second-order valence-electron chi connectivity index (χ2n) is 5.47. The van der Waals surface area contributed by atoms with Crippen LogP contribution < -0.4 is 0 Å². The normalized spacial score (nSPS) is 29.5. The summed E-state index contributed by atoms with van der Waals surface area (Å²) in [7, 11) is 0. The molecule has 5 heteroatoms. The Labute approximate surface area is 108 Å². The van der Waals surface area contributed by atoms with E-state index in [0.717, 1.165) is 32.5 Å². The van der Waals surface area contributed by atoms with Crippen LogP contribution in [0.1, 0.15) is 32.6 Å². The number of nitrogens with zero attached hydrogens (tertiary/aromatic N) is 2. The van der Waals surface area contributed by atoms with Crippen molar-refractivity contribution in [1.82, 2.24) is 9.80 Å². The molecule has 0 aromatic rings. The molecule has 0 aliphatic carbocycles. The fraction of sp³-hybridized carbons (Fsp3) is 0.846. The van der Waals surface area contributed by atoms with E-state index in [1.807, 2.05) is 11.8 Å². The van der Waals surface area contributed by atoms with Crippen LogP contribution in [0.4, 0.5) is 0 Å². The van der Waals surface area contributed by atoms with Crippen molar-refractivity contribution < 1.29 is 14.7 Å². The van der Waals surface area contributed by atoms with Crippen molar-refractivity contribution in [3.05, 3.63) is 0 Å². The van der Waals surface area contributed by atoms with Crippen LogP contribution in [0.3, 0.4) is 0 Å². The summed E-state index contributed by atoms with van der Waals surface area (Å²) in [4.78, 5) is 27.0. The Hall–Kier alpha value is -1.10. The highest BCUT2D eigenvalue weighted by Gasteiger charge is 2.31. The van der Waals surface area contributed by atoms with Gasteiger partial charge in [0, 0.05) is 19.1 Å². The lowest BCUT2D eigenvalue weighted by molar-refractivity contribution is -0.144. The van der Waals surface area contributed by atoms with Gasteiger partial charge in [-0.05, 0) is 39.2 Å². The summed E-state index contributed by atoms with van der Waals surface area (Å²) < 4.78 is 0. The minimum absolute atomic E-state index is 0.186. The molecular weight excluding hydrogens is 232 g/mol. The van der Waals surface area contributed by atoms with E-state index in [9.17, 15) is 9.59 Å². The molecule has 1 N–H and O–H groups in total. The van der Waals surface area contributed by atoms with Crippen molar-refractivity contribution in [1.29, 1.82) is 0 Å². The maximum absolute atomic E-state index is 12.0. The summed E-state index contributed by atoms with van der Waals surface area (Å²) in [5.41, 5.74) is 0. The fourth-order valence-electron chi connectivity index (χ4n) is 2.92. The van der Waals surface area contributed by atoms with Gasteiger partial charge in [0.15, 0.2) is 0 Å². The fourth-order valence-corrected chi connectivity index (χ4v) is 2.92. The van der Waals surface area contributed by atoms with Crippen molar-refractivity contribution in [2.24, 2.45) is 5.92 Å². The number of hydrogen-bond donors (Lipinski definition) is 1. The van der Waals surface area contributed by atoms with Crippen molar-refractivity contribution in [3.63, 3.8) is 0 Å². The van der Waals surface area contributed by atoms with E-state index in [4.69, 9.17) is 5.11 Å². The lowest BCUT2D eigenvalue weighted by Crippen LogP contribution is -2.47. The van der Waals surface area contributed by atoms with E-state index in [1.54, 1.807) is 0 Å². The van der Waals surface area contributed by atoms with Crippen LogP contribution in [0.15, 0.2) is 0 Å². The number of likely N-dealkylation sites (tertiary alicyclic amines) is 2. The SMILES string of the molecule is CC1CC(C(=O)O)CCN1CC(=O)N1CCCC1. The van der Waals surface area contributed by atoms with Crippen LogP contribution in [0.2, 0.25) is 0 Å². The second-order valence-corrected chi connectivity index (χ2v) is 5.47. The van der Waals surface area contributed by atoms with E-state index >= 15 is 0 Å². The Morgan fingerprint density at radius 1 is 1.22 bits per heavy atom. The van der Waals surface area contributed by atoms with Gasteiger partial charge in [0.1, 0.15) is 0 Å². The van der Waals surface area contributed by atoms with E-state index in [0.29, 0.717) is 19.4 Å². The van der Waals surface area contributed by atoms with Crippen molar-refractivity contribution >= 4 is 11.9 Å². The van der Waals surface area contributed by atoms with Gasteiger partial charge in [-0.15, -0.1) is 0 Å². The average Bonchev–Trinajstić information content (AvgIpc) is 2.85. The van der Waals surface area contributed by atoms with Crippen molar-refractivity contribution in [2.45, 2.75) is 38.6 Å². The highest BCUT2D eigenvalue weighted by Crippen LogP contribution is 2.23. The third-order valence-electron chi connectivity index (χ3n) is 4.16. The minimum Gasteiger partial charge on any atom is -0.481 e. The number of piperidine rings is 1. The number of hydrogen-bond acceptors (Lipinski definition) is 3. The Bertz CT molecular complexity index is 326. The Morgan fingerprint density at radius 2 is 1.89 bits per heavy atom. The van der Waals surface area contributed by atoms with Crippen molar-refractivity contribution in [3.8, 4) is 0 Å². The number of carbonyl (C=O) groups is 2. The minimum atomic E-state index is -0.702. The van der Waals surface area contributed by atoms with Gasteiger partial charge in [0.2, 0.25) is 5.91 Å². The Balaban J connectivity index is 1.83. The van der Waals surface area contributed by atoms with Gasteiger partial charge >= 0.3 is 5.97 Å². The first kappa shape index (κ1) is 13.3. The molecule has 0 bridgehead atoms. The van der Waals surface area contributed by atoms with Crippen molar-refractivity contribution in [2.75, 3.05) is 26.2 Å². The topological polar surface area (TPSA) is 60.9 Å². The smallest absolute Gasteiger partial charge is 0.306 e. The molecule has 2 atom stereocenters. The number of rotatable bonds is 3. The summed E-state index contributed by atoms with van der Waals surface area (Å²) in [6.07, 6.45) is 3.54. The Morgan fingerprint density at radius 3 is 2.44 bits per heavy atom. The molecule has 0 radical (unpaired) electrons. The Kier molecular flexibility index (Phi) is 4.22. The van der Waals surface area contributed by atoms with Gasteiger partial charge in [-0.25, -0.2) is 0 Å². The average molecular weight is 254 g/mol. The van der Waals surface area contributed by atoms with Gasteiger partial charge in [0.25, 0.3) is 0 Å². The summed E-state index contributed by atoms with van der Waals surface area (Å²) >= 11 is 0. The first-order valence-electron chi connectivity index (χ1n) is 6.82. The standard InChI is InChI=1S/C13H22N2O3/c1-10-8-11(13(17)18)4-7-15(10)9-12(16)14-5-2-3-6-14/h10-11H,2-9H2,1H3,(H,17,18). The first-order valence-corrected chi connectivity index (χ1v) is 6.82. The van der Waals surface area contributed by atoms with Gasteiger partial charge < -0.3 is 10.0 Å². The quantitative estimate of drug-likeness (QED) is 0.809. The van der Waals surface area contributed by atoms with Gasteiger partial charge in [-0.3, -0.25) is 14.5 Å². The lowest BCUT2D eigenvalue weighted by Gasteiger charge is -2.36. The predicted molar refractivity (Wildman–Crippen MR) is 67.2 cm³/mol. The molecule has 102 valence electrons. The maximum atomic E-state index is 12.0. The van der Waals surface area contributed by atoms with Gasteiger partial charge in [-0.1, -0.05) is 0 Å². The molecule has 0 aromatic heterocycles. The number of carboxylic acids is 1. The van der Waals surface area contributed by atoms with Crippen LogP contribution in [0, 0.1) is 5.92 Å². The molecule has 2 heterocycles. The van der Waals surface area contributed by atoms with E-state index in [-0.39, 0.29) is 17.9 Å². The largest absolute Gasteiger partial charge is 0.481 e. The lowest BCUT2D eigenvalue weighted by atomic mass is 9.92. The highest BCUT2D eigenvalue weighted by molar-refractivity contribution is 5.78. The number of aliphatic carboxylic acids is 1. The summed E-state index contributed by atoms with van der Waals surface area (Å²) in [6, 6.07) is 0.186. The molecule has 5 nitrogen and oxygen atoms in total. The zero-order valence-electron chi connectivity index (χ0n) is 11.0. The summed E-state index contributed by atoms with van der Waals surface area (Å²) in [5.74, 6) is -0.737. The molecule has 0 aromatic carbocycles. The van der Waals surface area contributed by atoms with Crippen LogP contribution in [0.25, 0.3) is 0 Å². The predicted octanol–water partition coefficient (Wildman–Crippen LogP) is 0.794. The molecule has 2 saturated heterocycles. The van der Waals surface area contributed by atoms with Crippen LogP contribution in [-0.2, 0) is 9.59 Å². The van der Waals surface area contributed by atoms with Crippen LogP contribution in [-0.4, -0.2) is 59.0 Å². The third-order valence-corrected chi connectivity index (χ3v) is 4.16. The van der Waals surface area contributed by atoms with E-state index < -0.39 is 5.97 Å². The van der Waals surface area contributed by atoms with Crippen LogP contribution >= 0.6 is 0 Å². The van der Waals surface area contributed by atoms with Gasteiger partial charge in [0.05, 0.1) is 12.5 Å². The second kappa shape index (κ2) is 5.69. The molecule has 0 saturated carbocycles. The molecule has 1 amide bonds. The first-order chi connectivity index (χ1) is 8.58. The number of amides is 1. The molecule has 2 aliphatic rings. The molecule has 2 unspecified atom stereocenters. The summed E-state index contributed by atoms with van der Waals surface area (Å²) in [5, 5.41) is 9.00. The monoisotopic (exact) mass is 254 g/mol. The highest BCUT2D eigenvalue weighted by atomic mass is 16.4. The zero-order chi connectivity index (χ0) is 13.1. The van der Waals surface area contributed by atoms with Gasteiger partial charge in [-0.2, -0.15) is 0 Å². The van der Waals surface area contributed by atoms with E-state index in [2.05, 4.69) is 4.90 Å². The van der Waals surface area contributed by atoms with Crippen LogP contribution in [0.5, 0.6) is 0 Å². The third kappa shape index (κ3) is 3.02. The zero-order valence-corrected chi connectivity index (χ0v) is 11.0.